The highest BCUT2D eigenvalue weighted by atomic mass is 16.5. The fourth-order valence-electron chi connectivity index (χ4n) is 1.21. The van der Waals surface area contributed by atoms with E-state index < -0.39 is 18.1 Å². The van der Waals surface area contributed by atoms with Crippen LogP contribution in [-0.2, 0) is 9.53 Å². The van der Waals surface area contributed by atoms with Gasteiger partial charge in [0.1, 0.15) is 0 Å². The number of aliphatic hydroxyl groups excluding tert-OH is 1. The topological polar surface area (TPSA) is 75.6 Å². The Morgan fingerprint density at radius 3 is 2.56 bits per heavy atom. The Morgan fingerprint density at radius 2 is 2.06 bits per heavy atom. The molecule has 1 atom stereocenters. The van der Waals surface area contributed by atoms with Crippen molar-refractivity contribution in [2.45, 2.75) is 13.2 Å². The summed E-state index contributed by atoms with van der Waals surface area (Å²) in [6.07, 6.45) is 3.50. The molecule has 0 saturated heterocycles. The predicted octanol–water partition coefficient (Wildman–Crippen LogP) is 0.279. The number of nitrogens with one attached hydrogen (secondary N) is 1. The number of hydrogen-bond acceptors (Lipinski definition) is 4. The molecule has 1 rings (SSSR count). The van der Waals surface area contributed by atoms with Crippen molar-refractivity contribution >= 4 is 11.9 Å². The van der Waals surface area contributed by atoms with Crippen LogP contribution in [0, 0.1) is 12.3 Å². The van der Waals surface area contributed by atoms with E-state index in [-0.39, 0.29) is 12.2 Å². The minimum absolute atomic E-state index is 0.128. The van der Waals surface area contributed by atoms with Gasteiger partial charge in [0, 0.05) is 11.1 Å². The first kappa shape index (κ1) is 13.7. The summed E-state index contributed by atoms with van der Waals surface area (Å²) in [5.74, 6) is 0.932. The monoisotopic (exact) mass is 247 g/mol. The van der Waals surface area contributed by atoms with E-state index in [1.54, 1.807) is 19.1 Å². The molecule has 94 valence electrons. The molecular formula is C13H13NO4. The second-order valence-corrected chi connectivity index (χ2v) is 3.35. The zero-order valence-electron chi connectivity index (χ0n) is 9.84. The SMILES string of the molecule is C#Cc1ccc(C(=O)NC(O)C(=O)OCC)cc1. The largest absolute Gasteiger partial charge is 0.463 e. The van der Waals surface area contributed by atoms with Crippen LogP contribution in [0.1, 0.15) is 22.8 Å². The molecule has 0 aliphatic rings. The molecule has 1 aromatic carbocycles. The van der Waals surface area contributed by atoms with Gasteiger partial charge in [-0.05, 0) is 31.2 Å². The normalized spacial score (nSPS) is 11.2. The number of benzene rings is 1. The number of carbonyl (C=O) groups is 2. The van der Waals surface area contributed by atoms with Crippen molar-refractivity contribution in [1.29, 1.82) is 0 Å². The van der Waals surface area contributed by atoms with E-state index in [1.807, 2.05) is 0 Å². The molecule has 1 unspecified atom stereocenters. The fourth-order valence-corrected chi connectivity index (χ4v) is 1.21. The van der Waals surface area contributed by atoms with Gasteiger partial charge in [-0.25, -0.2) is 4.79 Å². The van der Waals surface area contributed by atoms with Crippen LogP contribution in [0.5, 0.6) is 0 Å². The lowest BCUT2D eigenvalue weighted by atomic mass is 10.1. The van der Waals surface area contributed by atoms with Gasteiger partial charge in [-0.2, -0.15) is 0 Å². The molecule has 0 aliphatic carbocycles. The maximum atomic E-state index is 11.6. The summed E-state index contributed by atoms with van der Waals surface area (Å²) in [6.45, 7) is 1.73. The van der Waals surface area contributed by atoms with Gasteiger partial charge in [0.15, 0.2) is 0 Å². The van der Waals surface area contributed by atoms with Gasteiger partial charge in [-0.1, -0.05) is 5.92 Å². The molecule has 1 aromatic rings. The van der Waals surface area contributed by atoms with Gasteiger partial charge in [0.05, 0.1) is 6.61 Å². The molecule has 18 heavy (non-hydrogen) atoms. The highest BCUT2D eigenvalue weighted by Gasteiger charge is 2.19. The molecule has 1 amide bonds. The number of carbonyl (C=O) groups excluding carboxylic acids is 2. The number of amides is 1. The predicted molar refractivity (Wildman–Crippen MR) is 64.5 cm³/mol. The van der Waals surface area contributed by atoms with Gasteiger partial charge in [0.2, 0.25) is 6.23 Å². The molecule has 0 radical (unpaired) electrons. The molecule has 0 aromatic heterocycles. The first-order valence-electron chi connectivity index (χ1n) is 5.30. The van der Waals surface area contributed by atoms with E-state index in [9.17, 15) is 14.7 Å². The second-order valence-electron chi connectivity index (χ2n) is 3.35. The van der Waals surface area contributed by atoms with Gasteiger partial charge in [-0.3, -0.25) is 4.79 Å². The third-order valence-electron chi connectivity index (χ3n) is 2.09. The van der Waals surface area contributed by atoms with Crippen LogP contribution in [0.4, 0.5) is 0 Å². The number of hydrogen-bond donors (Lipinski definition) is 2. The summed E-state index contributed by atoms with van der Waals surface area (Å²) in [5.41, 5.74) is 0.926. The highest BCUT2D eigenvalue weighted by Crippen LogP contribution is 2.03. The van der Waals surface area contributed by atoms with Gasteiger partial charge in [0.25, 0.3) is 5.91 Å². The van der Waals surface area contributed by atoms with Crippen LogP contribution < -0.4 is 5.32 Å². The van der Waals surface area contributed by atoms with Crippen molar-refractivity contribution in [3.05, 3.63) is 35.4 Å². The smallest absolute Gasteiger partial charge is 0.356 e. The van der Waals surface area contributed by atoms with E-state index in [0.717, 1.165) is 0 Å². The van der Waals surface area contributed by atoms with Gasteiger partial charge >= 0.3 is 5.97 Å². The van der Waals surface area contributed by atoms with Crippen LogP contribution in [0.25, 0.3) is 0 Å². The van der Waals surface area contributed by atoms with Gasteiger partial charge < -0.3 is 15.2 Å². The maximum absolute atomic E-state index is 11.6. The average molecular weight is 247 g/mol. The molecule has 0 aliphatic heterocycles. The Morgan fingerprint density at radius 1 is 1.44 bits per heavy atom. The number of aliphatic hydroxyl groups is 1. The molecule has 0 saturated carbocycles. The molecular weight excluding hydrogens is 234 g/mol. The quantitative estimate of drug-likeness (QED) is 0.455. The average Bonchev–Trinajstić information content (AvgIpc) is 2.39. The third-order valence-corrected chi connectivity index (χ3v) is 2.09. The lowest BCUT2D eigenvalue weighted by molar-refractivity contribution is -0.154. The summed E-state index contributed by atoms with van der Waals surface area (Å²) < 4.78 is 4.55. The maximum Gasteiger partial charge on any atom is 0.356 e. The molecule has 0 fully saturated rings. The Balaban J connectivity index is 2.65. The lowest BCUT2D eigenvalue weighted by Crippen LogP contribution is -2.41. The van der Waals surface area contributed by atoms with E-state index in [4.69, 9.17) is 6.42 Å². The van der Waals surface area contributed by atoms with E-state index in [0.29, 0.717) is 5.56 Å². The van der Waals surface area contributed by atoms with Crippen molar-refractivity contribution in [3.63, 3.8) is 0 Å². The van der Waals surface area contributed by atoms with Crippen LogP contribution in [0.15, 0.2) is 24.3 Å². The third kappa shape index (κ3) is 3.61. The van der Waals surface area contributed by atoms with Crippen molar-refractivity contribution in [3.8, 4) is 12.3 Å². The van der Waals surface area contributed by atoms with Crippen molar-refractivity contribution in [2.75, 3.05) is 6.61 Å². The molecule has 0 spiro atoms. The van der Waals surface area contributed by atoms with E-state index >= 15 is 0 Å². The van der Waals surface area contributed by atoms with Crippen LogP contribution in [0.3, 0.4) is 0 Å². The van der Waals surface area contributed by atoms with Crippen molar-refractivity contribution < 1.29 is 19.4 Å². The molecule has 0 heterocycles. The summed E-state index contributed by atoms with van der Waals surface area (Å²) >= 11 is 0. The van der Waals surface area contributed by atoms with Crippen LogP contribution in [-0.4, -0.2) is 29.8 Å². The Kier molecular flexibility index (Phi) is 4.90. The highest BCUT2D eigenvalue weighted by molar-refractivity contribution is 5.96. The lowest BCUT2D eigenvalue weighted by Gasteiger charge is -2.11. The standard InChI is InChI=1S/C13H13NO4/c1-3-9-5-7-10(8-6-9)11(15)14-12(16)13(17)18-4-2/h1,5-8,12,16H,4H2,2H3,(H,14,15). The molecule has 2 N–H and O–H groups in total. The first-order valence-corrected chi connectivity index (χ1v) is 5.30. The number of ether oxygens (including phenoxy) is 1. The van der Waals surface area contributed by atoms with E-state index in [2.05, 4.69) is 16.0 Å². The zero-order valence-corrected chi connectivity index (χ0v) is 9.84. The zero-order chi connectivity index (χ0) is 13.5. The summed E-state index contributed by atoms with van der Waals surface area (Å²) in [7, 11) is 0. The molecule has 5 heteroatoms. The molecule has 5 nitrogen and oxygen atoms in total. The van der Waals surface area contributed by atoms with Crippen LogP contribution in [0.2, 0.25) is 0 Å². The summed E-state index contributed by atoms with van der Waals surface area (Å²) in [6, 6.07) is 6.18. The summed E-state index contributed by atoms with van der Waals surface area (Å²) in [4.78, 5) is 22.7. The first-order chi connectivity index (χ1) is 8.58. The minimum atomic E-state index is -1.68. The van der Waals surface area contributed by atoms with Crippen molar-refractivity contribution in [2.24, 2.45) is 0 Å². The Hall–Kier alpha value is -2.32. The van der Waals surface area contributed by atoms with Crippen LogP contribution >= 0.6 is 0 Å². The Labute approximate surface area is 105 Å². The summed E-state index contributed by atoms with van der Waals surface area (Å²) in [5, 5.41) is 11.5. The number of esters is 1. The Bertz CT molecular complexity index is 473. The van der Waals surface area contributed by atoms with Gasteiger partial charge in [-0.15, -0.1) is 6.42 Å². The minimum Gasteiger partial charge on any atom is -0.463 e. The van der Waals surface area contributed by atoms with Crippen molar-refractivity contribution in [1.82, 2.24) is 5.32 Å². The fraction of sp³-hybridized carbons (Fsp3) is 0.231. The van der Waals surface area contributed by atoms with E-state index in [1.165, 1.54) is 12.1 Å². The second kappa shape index (κ2) is 6.42. The number of terminal acetylenes is 1. The number of rotatable bonds is 4. The molecule has 0 bridgehead atoms.